The van der Waals surface area contributed by atoms with E-state index in [0.717, 1.165) is 82.7 Å². The van der Waals surface area contributed by atoms with Crippen LogP contribution < -0.4 is 0 Å². The van der Waals surface area contributed by atoms with Crippen LogP contribution in [0.15, 0.2) is 205 Å². The maximum absolute atomic E-state index is 6.76. The van der Waals surface area contributed by atoms with E-state index in [0.29, 0.717) is 17.6 Å². The normalized spacial score (nSPS) is 11.9. The number of nitrogens with zero attached hydrogens (tertiary/aromatic N) is 5. The number of benzene rings is 9. The molecule has 0 fully saturated rings. The van der Waals surface area contributed by atoms with Crippen molar-refractivity contribution in [3.63, 3.8) is 0 Å². The van der Waals surface area contributed by atoms with Gasteiger partial charge in [0.25, 0.3) is 0 Å². The lowest BCUT2D eigenvalue weighted by Gasteiger charge is -2.14. The first kappa shape index (κ1) is 33.6. The van der Waals surface area contributed by atoms with Crippen molar-refractivity contribution >= 4 is 76.3 Å². The van der Waals surface area contributed by atoms with Crippen molar-refractivity contribution in [3.8, 4) is 45.5 Å². The highest BCUT2D eigenvalue weighted by atomic mass is 16.3. The summed E-state index contributed by atoms with van der Waals surface area (Å²) in [5.74, 6) is 1.66. The highest BCUT2D eigenvalue weighted by molar-refractivity contribution is 6.17. The van der Waals surface area contributed by atoms with Crippen LogP contribution in [0, 0.1) is 0 Å². The zero-order valence-corrected chi connectivity index (χ0v) is 32.7. The summed E-state index contributed by atoms with van der Waals surface area (Å²) < 4.78 is 11.3. The first-order chi connectivity index (χ1) is 30.2. The van der Waals surface area contributed by atoms with E-state index in [-0.39, 0.29) is 0 Å². The topological polar surface area (TPSA) is 61.7 Å². The Kier molecular flexibility index (Phi) is 7.21. The third-order valence-corrected chi connectivity index (χ3v) is 12.1. The Labute approximate surface area is 349 Å². The molecule has 13 rings (SSSR count). The Balaban J connectivity index is 1.13. The van der Waals surface area contributed by atoms with Crippen LogP contribution in [-0.4, -0.2) is 24.1 Å². The molecule has 6 nitrogen and oxygen atoms in total. The van der Waals surface area contributed by atoms with Gasteiger partial charge < -0.3 is 8.98 Å². The van der Waals surface area contributed by atoms with Crippen LogP contribution in [0.4, 0.5) is 0 Å². The van der Waals surface area contributed by atoms with Crippen LogP contribution in [0.25, 0.3) is 122 Å². The van der Waals surface area contributed by atoms with Gasteiger partial charge in [0.1, 0.15) is 11.2 Å². The molecule has 0 amide bonds. The third kappa shape index (κ3) is 5.19. The fourth-order valence-electron chi connectivity index (χ4n) is 9.38. The van der Waals surface area contributed by atoms with Crippen molar-refractivity contribution in [3.05, 3.63) is 200 Å². The van der Waals surface area contributed by atoms with E-state index in [1.165, 1.54) is 21.5 Å². The SMILES string of the molecule is c1ccc(-c2cccc(-c3nc(-c4cc(-n5c6ccccc6c6cc7ccccc7cc65)c5c(c4)oc4ccccc45)nc(-n4c5ccccc5c5ccccc54)n3)c2)cc1. The number of fused-ring (bicyclic) bond motifs is 10. The molecule has 284 valence electrons. The van der Waals surface area contributed by atoms with Crippen LogP contribution in [0.3, 0.4) is 0 Å². The molecule has 0 aliphatic heterocycles. The Hall–Kier alpha value is -8.35. The summed E-state index contributed by atoms with van der Waals surface area (Å²) in [5.41, 5.74) is 10.8. The highest BCUT2D eigenvalue weighted by Crippen LogP contribution is 2.42. The van der Waals surface area contributed by atoms with Crippen LogP contribution in [0.2, 0.25) is 0 Å². The first-order valence-electron chi connectivity index (χ1n) is 20.5. The van der Waals surface area contributed by atoms with Crippen LogP contribution >= 0.6 is 0 Å². The summed E-state index contributed by atoms with van der Waals surface area (Å²) in [4.78, 5) is 16.0. The minimum Gasteiger partial charge on any atom is -0.456 e. The average molecular weight is 780 g/mol. The number of hydrogen-bond acceptors (Lipinski definition) is 4. The molecule has 0 unspecified atom stereocenters. The summed E-state index contributed by atoms with van der Waals surface area (Å²) in [6.45, 7) is 0. The Morgan fingerprint density at radius 1 is 0.328 bits per heavy atom. The van der Waals surface area contributed by atoms with Gasteiger partial charge in [-0.05, 0) is 76.5 Å². The largest absolute Gasteiger partial charge is 0.456 e. The molecule has 0 radical (unpaired) electrons. The van der Waals surface area contributed by atoms with Crippen LogP contribution in [0.1, 0.15) is 0 Å². The molecule has 0 aliphatic rings. The first-order valence-corrected chi connectivity index (χ1v) is 20.5. The Bertz CT molecular complexity index is 3840. The summed E-state index contributed by atoms with van der Waals surface area (Å²) in [5, 5.41) is 9.11. The minimum atomic E-state index is 0.539. The minimum absolute atomic E-state index is 0.539. The number of para-hydroxylation sites is 4. The number of furan rings is 1. The van der Waals surface area contributed by atoms with Gasteiger partial charge in [-0.3, -0.25) is 4.57 Å². The smallest absolute Gasteiger partial charge is 0.238 e. The highest BCUT2D eigenvalue weighted by Gasteiger charge is 2.23. The summed E-state index contributed by atoms with van der Waals surface area (Å²) >= 11 is 0. The second-order valence-electron chi connectivity index (χ2n) is 15.6. The quantitative estimate of drug-likeness (QED) is 0.175. The summed E-state index contributed by atoms with van der Waals surface area (Å²) in [6, 6.07) is 70.3. The molecule has 4 heterocycles. The van der Waals surface area contributed by atoms with Crippen molar-refractivity contribution in [2.45, 2.75) is 0 Å². The van der Waals surface area contributed by atoms with E-state index in [2.05, 4.69) is 191 Å². The van der Waals surface area contributed by atoms with Gasteiger partial charge in [0.15, 0.2) is 11.6 Å². The lowest BCUT2D eigenvalue weighted by Crippen LogP contribution is -2.07. The average Bonchev–Trinajstić information content (AvgIpc) is 3.98. The van der Waals surface area contributed by atoms with Crippen molar-refractivity contribution in [2.24, 2.45) is 0 Å². The molecule has 0 spiro atoms. The molecule has 13 aromatic rings. The van der Waals surface area contributed by atoms with E-state index >= 15 is 0 Å². The lowest BCUT2D eigenvalue weighted by molar-refractivity contribution is 0.669. The van der Waals surface area contributed by atoms with Gasteiger partial charge in [0.05, 0.1) is 33.1 Å². The zero-order chi connectivity index (χ0) is 40.0. The molecule has 0 saturated heterocycles. The monoisotopic (exact) mass is 779 g/mol. The number of rotatable bonds is 5. The van der Waals surface area contributed by atoms with Gasteiger partial charge in [-0.1, -0.05) is 146 Å². The molecule has 4 aromatic heterocycles. The molecular formula is C55H33N5O. The Morgan fingerprint density at radius 3 is 1.62 bits per heavy atom. The van der Waals surface area contributed by atoms with Crippen molar-refractivity contribution in [2.75, 3.05) is 0 Å². The molecule has 9 aromatic carbocycles. The maximum atomic E-state index is 6.76. The van der Waals surface area contributed by atoms with Gasteiger partial charge in [-0.25, -0.2) is 4.98 Å². The van der Waals surface area contributed by atoms with Gasteiger partial charge in [-0.2, -0.15) is 9.97 Å². The lowest BCUT2D eigenvalue weighted by atomic mass is 10.0. The molecule has 61 heavy (non-hydrogen) atoms. The second kappa shape index (κ2) is 13.1. The van der Waals surface area contributed by atoms with E-state index in [4.69, 9.17) is 19.4 Å². The predicted molar refractivity (Wildman–Crippen MR) is 250 cm³/mol. The predicted octanol–water partition coefficient (Wildman–Crippen LogP) is 14.1. The van der Waals surface area contributed by atoms with Crippen molar-refractivity contribution < 1.29 is 4.42 Å². The van der Waals surface area contributed by atoms with E-state index in [1.807, 2.05) is 18.2 Å². The fraction of sp³-hybridized carbons (Fsp3) is 0. The molecule has 6 heteroatoms. The Morgan fingerprint density at radius 2 is 0.885 bits per heavy atom. The molecule has 0 bridgehead atoms. The molecule has 0 aliphatic carbocycles. The fourth-order valence-corrected chi connectivity index (χ4v) is 9.38. The van der Waals surface area contributed by atoms with Gasteiger partial charge >= 0.3 is 0 Å². The molecule has 0 atom stereocenters. The molecule has 0 saturated carbocycles. The van der Waals surface area contributed by atoms with Crippen LogP contribution in [-0.2, 0) is 0 Å². The van der Waals surface area contributed by atoms with Gasteiger partial charge in [0, 0.05) is 38.1 Å². The van der Waals surface area contributed by atoms with Crippen molar-refractivity contribution in [1.29, 1.82) is 0 Å². The van der Waals surface area contributed by atoms with E-state index < -0.39 is 0 Å². The van der Waals surface area contributed by atoms with Gasteiger partial charge in [-0.15, -0.1) is 0 Å². The third-order valence-electron chi connectivity index (χ3n) is 12.1. The van der Waals surface area contributed by atoms with Crippen LogP contribution in [0.5, 0.6) is 0 Å². The molecule has 0 N–H and O–H groups in total. The summed E-state index contributed by atoms with van der Waals surface area (Å²) in [6.07, 6.45) is 0. The number of aromatic nitrogens is 5. The van der Waals surface area contributed by atoms with E-state index in [1.54, 1.807) is 0 Å². The number of hydrogen-bond donors (Lipinski definition) is 0. The van der Waals surface area contributed by atoms with Crippen molar-refractivity contribution in [1.82, 2.24) is 24.1 Å². The zero-order valence-electron chi connectivity index (χ0n) is 32.7. The second-order valence-corrected chi connectivity index (χ2v) is 15.6. The van der Waals surface area contributed by atoms with Gasteiger partial charge in [0.2, 0.25) is 5.95 Å². The summed E-state index contributed by atoms with van der Waals surface area (Å²) in [7, 11) is 0. The van der Waals surface area contributed by atoms with E-state index in [9.17, 15) is 0 Å². The standard InChI is InChI=1S/C55H33N5O/c1-2-15-34(16-3-1)35-19-14-20-38(29-35)53-56-54(58-55(57-53)60-46-26-11-6-21-40(46)41-22-7-12-27-47(41)60)39-32-49(52-43-24-9-13-28-50(43)61-51(52)33-39)59-45-25-10-8-23-42(45)44-30-36-17-4-5-18-37(36)31-48(44)59/h1-33H. The maximum Gasteiger partial charge on any atom is 0.238 e. The molecular weight excluding hydrogens is 747 g/mol.